The summed E-state index contributed by atoms with van der Waals surface area (Å²) in [6.45, 7) is 7.48. The number of amides is 2. The Balaban J connectivity index is 1.43. The summed E-state index contributed by atoms with van der Waals surface area (Å²) in [6.07, 6.45) is 5.14. The third-order valence-corrected chi connectivity index (χ3v) is 5.88. The van der Waals surface area contributed by atoms with Crippen molar-refractivity contribution < 1.29 is 14.3 Å². The second-order valence-electron chi connectivity index (χ2n) is 9.08. The summed E-state index contributed by atoms with van der Waals surface area (Å²) in [5, 5.41) is 10.0. The number of fused-ring (bicyclic) bond motifs is 1. The van der Waals surface area contributed by atoms with Gasteiger partial charge >= 0.3 is 0 Å². The molecule has 0 unspecified atom stereocenters. The van der Waals surface area contributed by atoms with Crippen LogP contribution in [0.3, 0.4) is 0 Å². The summed E-state index contributed by atoms with van der Waals surface area (Å²) < 4.78 is 7.63. The molecule has 0 saturated heterocycles. The van der Waals surface area contributed by atoms with E-state index in [2.05, 4.69) is 27.9 Å². The van der Waals surface area contributed by atoms with Gasteiger partial charge in [0.05, 0.1) is 5.69 Å². The third-order valence-electron chi connectivity index (χ3n) is 5.88. The van der Waals surface area contributed by atoms with E-state index in [0.717, 1.165) is 24.2 Å². The topological polar surface area (TPSA) is 85.2 Å². The van der Waals surface area contributed by atoms with Crippen molar-refractivity contribution in [1.82, 2.24) is 15.1 Å². The molecule has 0 atom stereocenters. The second-order valence-corrected chi connectivity index (χ2v) is 9.08. The van der Waals surface area contributed by atoms with Crippen LogP contribution in [0.25, 0.3) is 0 Å². The van der Waals surface area contributed by atoms with Crippen LogP contribution in [-0.2, 0) is 26.0 Å². The van der Waals surface area contributed by atoms with Gasteiger partial charge in [0.25, 0.3) is 11.8 Å². The molecule has 1 aromatic heterocycles. The van der Waals surface area contributed by atoms with Gasteiger partial charge in [-0.2, -0.15) is 5.10 Å². The predicted octanol–water partition coefficient (Wildman–Crippen LogP) is 4.61. The Hall–Kier alpha value is -3.61. The number of carbonyl (C=O) groups excluding carboxylic acids is 2. The first kappa shape index (κ1) is 23.5. The molecule has 1 aliphatic rings. The average molecular weight is 461 g/mol. The maximum absolute atomic E-state index is 13.0. The quantitative estimate of drug-likeness (QED) is 0.488. The molecular formula is C27H32N4O3. The molecule has 0 radical (unpaired) electrons. The third kappa shape index (κ3) is 5.65. The minimum atomic E-state index is -0.298. The largest absolute Gasteiger partial charge is 0.489 e. The standard InChI is InChI=1S/C27H32N4O3/c1-4-31-16-24(25(30-31)27(33)28-15-18(2)3)29-26(32)22-10-5-7-19(13-22)17-34-23-12-11-20-8-6-9-21(20)14-23/h5,7,10-14,16,18H,4,6,8-9,15,17H2,1-3H3,(H,28,33)(H,29,32). The van der Waals surface area contributed by atoms with E-state index in [0.29, 0.717) is 36.9 Å². The van der Waals surface area contributed by atoms with E-state index in [9.17, 15) is 9.59 Å². The Morgan fingerprint density at radius 1 is 1.09 bits per heavy atom. The zero-order chi connectivity index (χ0) is 24.1. The number of nitrogens with zero attached hydrogens (tertiary/aromatic N) is 2. The van der Waals surface area contributed by atoms with Gasteiger partial charge in [0.1, 0.15) is 12.4 Å². The first-order valence-corrected chi connectivity index (χ1v) is 11.9. The molecule has 2 amide bonds. The van der Waals surface area contributed by atoms with Crippen molar-refractivity contribution in [3.63, 3.8) is 0 Å². The fourth-order valence-corrected chi connectivity index (χ4v) is 4.02. The SMILES string of the molecule is CCn1cc(NC(=O)c2cccc(COc3ccc4c(c3)CCC4)c2)c(C(=O)NCC(C)C)n1. The molecule has 3 aromatic rings. The van der Waals surface area contributed by atoms with E-state index >= 15 is 0 Å². The Morgan fingerprint density at radius 2 is 1.91 bits per heavy atom. The second kappa shape index (κ2) is 10.5. The molecule has 1 heterocycles. The Bertz CT molecular complexity index is 1180. The first-order chi connectivity index (χ1) is 16.4. The maximum Gasteiger partial charge on any atom is 0.273 e. The molecule has 178 valence electrons. The van der Waals surface area contributed by atoms with E-state index in [1.54, 1.807) is 16.9 Å². The van der Waals surface area contributed by atoms with Gasteiger partial charge in [-0.15, -0.1) is 0 Å². The smallest absolute Gasteiger partial charge is 0.273 e. The van der Waals surface area contributed by atoms with Crippen molar-refractivity contribution in [3.8, 4) is 5.75 Å². The highest BCUT2D eigenvalue weighted by molar-refractivity contribution is 6.08. The number of nitrogens with one attached hydrogen (secondary N) is 2. The number of ether oxygens (including phenoxy) is 1. The molecule has 7 heteroatoms. The maximum atomic E-state index is 13.0. The van der Waals surface area contributed by atoms with Crippen molar-refractivity contribution in [2.45, 2.75) is 53.2 Å². The lowest BCUT2D eigenvalue weighted by Gasteiger charge is -2.10. The average Bonchev–Trinajstić information content (AvgIpc) is 3.47. The van der Waals surface area contributed by atoms with E-state index in [1.807, 2.05) is 45.0 Å². The normalized spacial score (nSPS) is 12.5. The van der Waals surface area contributed by atoms with Crippen molar-refractivity contribution in [3.05, 3.63) is 76.6 Å². The zero-order valence-corrected chi connectivity index (χ0v) is 20.1. The highest BCUT2D eigenvalue weighted by Gasteiger charge is 2.19. The van der Waals surface area contributed by atoms with Crippen molar-refractivity contribution in [2.24, 2.45) is 5.92 Å². The molecule has 0 fully saturated rings. The van der Waals surface area contributed by atoms with Crippen molar-refractivity contribution >= 4 is 17.5 Å². The van der Waals surface area contributed by atoms with Crippen LogP contribution in [0.1, 0.15) is 64.7 Å². The van der Waals surface area contributed by atoms with E-state index in [4.69, 9.17) is 4.74 Å². The lowest BCUT2D eigenvalue weighted by molar-refractivity contribution is 0.0944. The van der Waals surface area contributed by atoms with Gasteiger partial charge in [-0.1, -0.05) is 32.0 Å². The number of rotatable bonds is 9. The number of benzene rings is 2. The summed E-state index contributed by atoms with van der Waals surface area (Å²) in [6, 6.07) is 13.6. The van der Waals surface area contributed by atoms with Crippen molar-refractivity contribution in [1.29, 1.82) is 0 Å². The summed E-state index contributed by atoms with van der Waals surface area (Å²) >= 11 is 0. The van der Waals surface area contributed by atoms with Gasteiger partial charge in [-0.25, -0.2) is 0 Å². The number of aromatic nitrogens is 2. The van der Waals surface area contributed by atoms with Crippen LogP contribution >= 0.6 is 0 Å². The minimum Gasteiger partial charge on any atom is -0.489 e. The van der Waals surface area contributed by atoms with Crippen LogP contribution < -0.4 is 15.4 Å². The van der Waals surface area contributed by atoms with Gasteiger partial charge in [0, 0.05) is 24.8 Å². The van der Waals surface area contributed by atoms with Crippen LogP contribution in [0.4, 0.5) is 5.69 Å². The van der Waals surface area contributed by atoms with Crippen LogP contribution in [0.2, 0.25) is 0 Å². The lowest BCUT2D eigenvalue weighted by Crippen LogP contribution is -2.28. The summed E-state index contributed by atoms with van der Waals surface area (Å²) in [5.41, 5.74) is 4.78. The van der Waals surface area contributed by atoms with Gasteiger partial charge in [-0.05, 0) is 73.1 Å². The van der Waals surface area contributed by atoms with Gasteiger partial charge < -0.3 is 15.4 Å². The molecule has 0 bridgehead atoms. The van der Waals surface area contributed by atoms with Crippen molar-refractivity contribution in [2.75, 3.05) is 11.9 Å². The Morgan fingerprint density at radius 3 is 2.71 bits per heavy atom. The van der Waals surface area contributed by atoms with Crippen LogP contribution in [0, 0.1) is 5.92 Å². The summed E-state index contributed by atoms with van der Waals surface area (Å²) in [4.78, 5) is 25.6. The molecule has 34 heavy (non-hydrogen) atoms. The number of anilines is 1. The van der Waals surface area contributed by atoms with E-state index in [-0.39, 0.29) is 17.5 Å². The number of hydrogen-bond donors (Lipinski definition) is 2. The number of aryl methyl sites for hydroxylation is 3. The van der Waals surface area contributed by atoms with Crippen LogP contribution in [0.15, 0.2) is 48.7 Å². The monoisotopic (exact) mass is 460 g/mol. The fourth-order valence-electron chi connectivity index (χ4n) is 4.02. The van der Waals surface area contributed by atoms with Gasteiger partial charge in [0.15, 0.2) is 5.69 Å². The summed E-state index contributed by atoms with van der Waals surface area (Å²) in [7, 11) is 0. The molecule has 0 spiro atoms. The van der Waals surface area contributed by atoms with E-state index < -0.39 is 0 Å². The molecule has 0 saturated carbocycles. The molecule has 2 aromatic carbocycles. The molecule has 0 aliphatic heterocycles. The molecule has 2 N–H and O–H groups in total. The summed E-state index contributed by atoms with van der Waals surface area (Å²) in [5.74, 6) is 0.567. The molecule has 4 rings (SSSR count). The van der Waals surface area contributed by atoms with E-state index in [1.165, 1.54) is 17.5 Å². The minimum absolute atomic E-state index is 0.215. The fraction of sp³-hybridized carbons (Fsp3) is 0.370. The first-order valence-electron chi connectivity index (χ1n) is 11.9. The predicted molar refractivity (Wildman–Crippen MR) is 132 cm³/mol. The molecular weight excluding hydrogens is 428 g/mol. The van der Waals surface area contributed by atoms with Gasteiger partial charge in [-0.3, -0.25) is 14.3 Å². The van der Waals surface area contributed by atoms with Crippen LogP contribution in [-0.4, -0.2) is 28.1 Å². The number of hydrogen-bond acceptors (Lipinski definition) is 4. The molecule has 1 aliphatic carbocycles. The number of carbonyl (C=O) groups is 2. The van der Waals surface area contributed by atoms with Crippen LogP contribution in [0.5, 0.6) is 5.75 Å². The Labute approximate surface area is 200 Å². The lowest BCUT2D eigenvalue weighted by atomic mass is 10.1. The Kier molecular flexibility index (Phi) is 7.30. The highest BCUT2D eigenvalue weighted by atomic mass is 16.5. The highest BCUT2D eigenvalue weighted by Crippen LogP contribution is 2.26. The zero-order valence-electron chi connectivity index (χ0n) is 20.1. The molecule has 7 nitrogen and oxygen atoms in total. The van der Waals surface area contributed by atoms with Gasteiger partial charge in [0.2, 0.25) is 0 Å².